The highest BCUT2D eigenvalue weighted by Gasteiger charge is 2.13. The zero-order valence-corrected chi connectivity index (χ0v) is 17.6. The van der Waals surface area contributed by atoms with Crippen LogP contribution in [-0.4, -0.2) is 15.5 Å². The third-order valence-electron chi connectivity index (χ3n) is 5.09. The molecule has 0 unspecified atom stereocenters. The molecule has 2 aromatic heterocycles. The highest BCUT2D eigenvalue weighted by Crippen LogP contribution is 2.27. The van der Waals surface area contributed by atoms with Gasteiger partial charge in [-0.3, -0.25) is 9.78 Å². The van der Waals surface area contributed by atoms with E-state index < -0.39 is 0 Å². The quantitative estimate of drug-likeness (QED) is 0.451. The summed E-state index contributed by atoms with van der Waals surface area (Å²) in [5, 5.41) is 3.62. The van der Waals surface area contributed by atoms with E-state index >= 15 is 0 Å². The highest BCUT2D eigenvalue weighted by atomic mass is 35.5. The van der Waals surface area contributed by atoms with Crippen molar-refractivity contribution in [3.8, 4) is 16.9 Å². The fourth-order valence-electron chi connectivity index (χ4n) is 3.51. The van der Waals surface area contributed by atoms with E-state index in [1.165, 1.54) is 0 Å². The van der Waals surface area contributed by atoms with E-state index in [-0.39, 0.29) is 5.91 Å². The number of hydrogen-bond acceptors (Lipinski definition) is 2. The first-order valence-corrected chi connectivity index (χ1v) is 10.1. The minimum absolute atomic E-state index is 0.116. The first-order valence-electron chi connectivity index (χ1n) is 9.76. The fourth-order valence-corrected chi connectivity index (χ4v) is 3.64. The third kappa shape index (κ3) is 4.14. The molecule has 1 N–H and O–H groups in total. The van der Waals surface area contributed by atoms with Gasteiger partial charge in [0.2, 0.25) is 0 Å². The van der Waals surface area contributed by atoms with Gasteiger partial charge in [-0.05, 0) is 67.9 Å². The summed E-state index contributed by atoms with van der Waals surface area (Å²) in [6.45, 7) is 4.62. The van der Waals surface area contributed by atoms with Gasteiger partial charge in [0.25, 0.3) is 5.91 Å². The zero-order valence-electron chi connectivity index (χ0n) is 16.9. The Hall–Kier alpha value is -3.37. The van der Waals surface area contributed by atoms with Crippen LogP contribution < -0.4 is 5.32 Å². The molecule has 0 fully saturated rings. The number of aromatic nitrogens is 2. The van der Waals surface area contributed by atoms with Crippen LogP contribution in [0.5, 0.6) is 0 Å². The molecule has 4 rings (SSSR count). The Morgan fingerprint density at radius 3 is 2.27 bits per heavy atom. The lowest BCUT2D eigenvalue weighted by Crippen LogP contribution is -2.22. The molecule has 0 saturated heterocycles. The van der Waals surface area contributed by atoms with Crippen LogP contribution in [0.15, 0.2) is 79.0 Å². The van der Waals surface area contributed by atoms with Crippen molar-refractivity contribution >= 4 is 17.5 Å². The van der Waals surface area contributed by atoms with Gasteiger partial charge in [-0.25, -0.2) is 0 Å². The number of nitrogens with zero attached hydrogens (tertiary/aromatic N) is 2. The lowest BCUT2D eigenvalue weighted by Gasteiger charge is -2.14. The molecule has 0 aliphatic carbocycles. The summed E-state index contributed by atoms with van der Waals surface area (Å²) in [7, 11) is 0. The number of carbonyl (C=O) groups excluding carboxylic acids is 1. The van der Waals surface area contributed by atoms with Crippen LogP contribution in [0.2, 0.25) is 5.02 Å². The Labute approximate surface area is 181 Å². The number of hydrogen-bond donors (Lipinski definition) is 1. The predicted octanol–water partition coefficient (Wildman–Crippen LogP) is 5.74. The van der Waals surface area contributed by atoms with Crippen LogP contribution in [-0.2, 0) is 6.54 Å². The Balaban J connectivity index is 1.54. The maximum atomic E-state index is 12.5. The molecule has 1 amide bonds. The summed E-state index contributed by atoms with van der Waals surface area (Å²) in [6, 6.07) is 23.2. The van der Waals surface area contributed by atoms with Crippen LogP contribution in [0.4, 0.5) is 0 Å². The Kier molecular flexibility index (Phi) is 5.68. The lowest BCUT2D eigenvalue weighted by molar-refractivity contribution is 0.0951. The second kappa shape index (κ2) is 8.56. The molecule has 0 radical (unpaired) electrons. The normalized spacial score (nSPS) is 10.8. The van der Waals surface area contributed by atoms with Crippen molar-refractivity contribution in [1.82, 2.24) is 14.9 Å². The van der Waals surface area contributed by atoms with Gasteiger partial charge in [-0.2, -0.15) is 0 Å². The average Bonchev–Trinajstić information content (AvgIpc) is 3.11. The van der Waals surface area contributed by atoms with Gasteiger partial charge < -0.3 is 9.88 Å². The van der Waals surface area contributed by atoms with Gasteiger partial charge in [-0.1, -0.05) is 35.9 Å². The molecule has 0 atom stereocenters. The predicted molar refractivity (Wildman–Crippen MR) is 121 cm³/mol. The van der Waals surface area contributed by atoms with Crippen LogP contribution >= 0.6 is 11.6 Å². The number of carbonyl (C=O) groups is 1. The first kappa shape index (κ1) is 19.9. The first-order chi connectivity index (χ1) is 14.5. The molecule has 4 nitrogen and oxygen atoms in total. The lowest BCUT2D eigenvalue weighted by atomic mass is 10.1. The second-order valence-electron chi connectivity index (χ2n) is 7.21. The minimum atomic E-state index is -0.116. The summed E-state index contributed by atoms with van der Waals surface area (Å²) in [5.41, 5.74) is 6.79. The number of benzene rings is 2. The van der Waals surface area contributed by atoms with Gasteiger partial charge in [0.1, 0.15) is 0 Å². The van der Waals surface area contributed by atoms with Crippen molar-refractivity contribution in [3.05, 3.63) is 107 Å². The van der Waals surface area contributed by atoms with Crippen molar-refractivity contribution in [2.24, 2.45) is 0 Å². The van der Waals surface area contributed by atoms with E-state index in [1.807, 2.05) is 54.6 Å². The van der Waals surface area contributed by atoms with Crippen LogP contribution in [0.25, 0.3) is 16.9 Å². The molecule has 0 aliphatic rings. The standard InChI is InChI=1S/C25H22ClN3O/c1-17-5-6-18(2)29(17)23-4-3-15-27-24(23)20-9-11-21(12-10-20)25(30)28-16-19-7-13-22(26)14-8-19/h3-15H,16H2,1-2H3,(H,28,30). The summed E-state index contributed by atoms with van der Waals surface area (Å²) in [4.78, 5) is 17.1. The number of aryl methyl sites for hydroxylation is 2. The van der Waals surface area contributed by atoms with Crippen LogP contribution in [0.1, 0.15) is 27.3 Å². The molecule has 4 aromatic rings. The molecule has 2 aromatic carbocycles. The van der Waals surface area contributed by atoms with Crippen LogP contribution in [0, 0.1) is 13.8 Å². The Morgan fingerprint density at radius 2 is 1.60 bits per heavy atom. The number of rotatable bonds is 5. The number of halogens is 1. The van der Waals surface area contributed by atoms with Crippen molar-refractivity contribution in [2.75, 3.05) is 0 Å². The van der Waals surface area contributed by atoms with Crippen molar-refractivity contribution in [3.63, 3.8) is 0 Å². The van der Waals surface area contributed by atoms with E-state index in [0.717, 1.165) is 33.9 Å². The van der Waals surface area contributed by atoms with Crippen LogP contribution in [0.3, 0.4) is 0 Å². The molecule has 5 heteroatoms. The van der Waals surface area contributed by atoms with Crippen molar-refractivity contribution in [2.45, 2.75) is 20.4 Å². The molecular weight excluding hydrogens is 394 g/mol. The molecule has 30 heavy (non-hydrogen) atoms. The average molecular weight is 416 g/mol. The Morgan fingerprint density at radius 1 is 0.933 bits per heavy atom. The third-order valence-corrected chi connectivity index (χ3v) is 5.34. The molecular formula is C25H22ClN3O. The van der Waals surface area contributed by atoms with Gasteiger partial charge in [-0.15, -0.1) is 0 Å². The summed E-state index contributed by atoms with van der Waals surface area (Å²) >= 11 is 5.90. The largest absolute Gasteiger partial charge is 0.348 e. The van der Waals surface area contributed by atoms with E-state index in [4.69, 9.17) is 11.6 Å². The van der Waals surface area contributed by atoms with Gasteiger partial charge in [0.15, 0.2) is 0 Å². The minimum Gasteiger partial charge on any atom is -0.348 e. The number of nitrogens with one attached hydrogen (secondary N) is 1. The zero-order chi connectivity index (χ0) is 21.1. The fraction of sp³-hybridized carbons (Fsp3) is 0.120. The smallest absolute Gasteiger partial charge is 0.251 e. The molecule has 0 saturated carbocycles. The summed E-state index contributed by atoms with van der Waals surface area (Å²) < 4.78 is 2.19. The molecule has 0 bridgehead atoms. The Bertz CT molecular complexity index is 1160. The summed E-state index contributed by atoms with van der Waals surface area (Å²) in [5.74, 6) is -0.116. The topological polar surface area (TPSA) is 46.9 Å². The number of pyridine rings is 1. The second-order valence-corrected chi connectivity index (χ2v) is 7.65. The van der Waals surface area contributed by atoms with E-state index in [0.29, 0.717) is 17.1 Å². The number of amides is 1. The highest BCUT2D eigenvalue weighted by molar-refractivity contribution is 6.30. The van der Waals surface area contributed by atoms with Gasteiger partial charge >= 0.3 is 0 Å². The maximum Gasteiger partial charge on any atom is 0.251 e. The van der Waals surface area contributed by atoms with E-state index in [2.05, 4.69) is 46.9 Å². The monoisotopic (exact) mass is 415 g/mol. The van der Waals surface area contributed by atoms with Gasteiger partial charge in [0, 0.05) is 40.3 Å². The van der Waals surface area contributed by atoms with Gasteiger partial charge in [0.05, 0.1) is 11.4 Å². The molecule has 0 spiro atoms. The summed E-state index contributed by atoms with van der Waals surface area (Å²) in [6.07, 6.45) is 1.79. The van der Waals surface area contributed by atoms with Crippen molar-refractivity contribution < 1.29 is 4.79 Å². The van der Waals surface area contributed by atoms with E-state index in [9.17, 15) is 4.79 Å². The molecule has 2 heterocycles. The van der Waals surface area contributed by atoms with Crippen molar-refractivity contribution in [1.29, 1.82) is 0 Å². The molecule has 150 valence electrons. The molecule has 0 aliphatic heterocycles. The SMILES string of the molecule is Cc1ccc(C)n1-c1cccnc1-c1ccc(C(=O)NCc2ccc(Cl)cc2)cc1. The maximum absolute atomic E-state index is 12.5. The van der Waals surface area contributed by atoms with E-state index in [1.54, 1.807) is 6.20 Å².